The first-order chi connectivity index (χ1) is 24.1. The van der Waals surface area contributed by atoms with Gasteiger partial charge in [0.25, 0.3) is 11.8 Å². The number of terminal acetylenes is 1. The lowest BCUT2D eigenvalue weighted by atomic mass is 9.95. The summed E-state index contributed by atoms with van der Waals surface area (Å²) in [6, 6.07) is 10.6. The van der Waals surface area contributed by atoms with Crippen molar-refractivity contribution in [1.29, 1.82) is 0 Å². The molecule has 3 aromatic rings. The fourth-order valence-corrected chi connectivity index (χ4v) is 5.70. The second kappa shape index (κ2) is 21.5. The summed E-state index contributed by atoms with van der Waals surface area (Å²) in [5.41, 5.74) is 9.07. The van der Waals surface area contributed by atoms with Gasteiger partial charge in [-0.05, 0) is 67.7 Å². The predicted molar refractivity (Wildman–Crippen MR) is 196 cm³/mol. The molecule has 0 aliphatic heterocycles. The van der Waals surface area contributed by atoms with E-state index in [2.05, 4.69) is 17.5 Å². The topological polar surface area (TPSA) is 113 Å². The number of carbonyl (C=O) groups is 2. The van der Waals surface area contributed by atoms with E-state index in [0.717, 1.165) is 24.5 Å². The molecule has 0 spiro atoms. The molecule has 3 rings (SSSR count). The van der Waals surface area contributed by atoms with E-state index < -0.39 is 30.3 Å². The van der Waals surface area contributed by atoms with Gasteiger partial charge in [0.15, 0.2) is 0 Å². The number of nitrogens with two attached hydrogens (primary N) is 1. The molecule has 2 amide bonds. The van der Waals surface area contributed by atoms with Crippen LogP contribution < -0.4 is 5.73 Å². The number of benzene rings is 2. The van der Waals surface area contributed by atoms with Gasteiger partial charge in [-0.1, -0.05) is 64.8 Å². The number of amides is 2. The molecule has 10 heteroatoms. The lowest BCUT2D eigenvalue weighted by Crippen LogP contribution is -2.47. The van der Waals surface area contributed by atoms with Gasteiger partial charge in [-0.15, -0.1) is 6.42 Å². The van der Waals surface area contributed by atoms with Gasteiger partial charge in [0.2, 0.25) is 5.89 Å². The van der Waals surface area contributed by atoms with E-state index in [0.29, 0.717) is 41.8 Å². The van der Waals surface area contributed by atoms with Crippen molar-refractivity contribution in [2.24, 2.45) is 5.73 Å². The molecule has 0 fully saturated rings. The molecule has 270 valence electrons. The fraction of sp³-hybridized carbons (Fsp3) is 0.425. The van der Waals surface area contributed by atoms with Crippen LogP contribution in [0.1, 0.15) is 105 Å². The van der Waals surface area contributed by atoms with Gasteiger partial charge in [0.1, 0.15) is 12.4 Å². The quantitative estimate of drug-likeness (QED) is 0.103. The van der Waals surface area contributed by atoms with Crippen LogP contribution in [-0.2, 0) is 0 Å². The fourth-order valence-electron chi connectivity index (χ4n) is 5.70. The third-order valence-corrected chi connectivity index (χ3v) is 8.01. The molecule has 3 unspecified atom stereocenters. The van der Waals surface area contributed by atoms with Crippen LogP contribution in [0.5, 0.6) is 0 Å². The Hall–Kier alpha value is -4.59. The highest BCUT2D eigenvalue weighted by Gasteiger charge is 2.31. The highest BCUT2D eigenvalue weighted by Crippen LogP contribution is 2.30. The minimum atomic E-state index is -1.57. The first-order valence-electron chi connectivity index (χ1n) is 17.3. The maximum Gasteiger partial charge on any atom is 0.254 e. The summed E-state index contributed by atoms with van der Waals surface area (Å²) in [5, 5.41) is 11.4. The van der Waals surface area contributed by atoms with Crippen LogP contribution in [0.15, 0.2) is 83.9 Å². The molecule has 8 nitrogen and oxygen atoms in total. The average molecular weight is 691 g/mol. The summed E-state index contributed by atoms with van der Waals surface area (Å²) in [6.07, 6.45) is 8.56. The first-order valence-corrected chi connectivity index (χ1v) is 17.3. The van der Waals surface area contributed by atoms with Crippen molar-refractivity contribution in [3.8, 4) is 23.8 Å². The summed E-state index contributed by atoms with van der Waals surface area (Å²) < 4.78 is 32.0. The lowest BCUT2D eigenvalue weighted by Gasteiger charge is -2.35. The Labute approximate surface area is 296 Å². The summed E-state index contributed by atoms with van der Waals surface area (Å²) >= 11 is 0. The monoisotopic (exact) mass is 690 g/mol. The van der Waals surface area contributed by atoms with Crippen LogP contribution >= 0.6 is 0 Å². The third kappa shape index (κ3) is 11.8. The molecule has 50 heavy (non-hydrogen) atoms. The van der Waals surface area contributed by atoms with Gasteiger partial charge in [-0.3, -0.25) is 9.59 Å². The maximum absolute atomic E-state index is 14.6. The molecule has 0 saturated carbocycles. The molecule has 0 aliphatic rings. The van der Waals surface area contributed by atoms with Crippen LogP contribution in [0, 0.1) is 12.3 Å². The normalized spacial score (nSPS) is 13.4. The van der Waals surface area contributed by atoms with Gasteiger partial charge < -0.3 is 25.1 Å². The van der Waals surface area contributed by atoms with Crippen molar-refractivity contribution >= 4 is 11.8 Å². The summed E-state index contributed by atoms with van der Waals surface area (Å²) in [7, 11) is 0. The minimum Gasteiger partial charge on any atom is -0.445 e. The molecular weight excluding hydrogens is 638 g/mol. The predicted octanol–water partition coefficient (Wildman–Crippen LogP) is 8.05. The van der Waals surface area contributed by atoms with Gasteiger partial charge in [0.05, 0.1) is 24.7 Å². The van der Waals surface area contributed by atoms with Crippen LogP contribution in [-0.4, -0.2) is 69.7 Å². The molecule has 1 aromatic heterocycles. The number of aliphatic hydroxyl groups excluding tert-OH is 1. The van der Waals surface area contributed by atoms with E-state index >= 15 is 0 Å². The summed E-state index contributed by atoms with van der Waals surface area (Å²) in [5.74, 6) is 2.18. The number of allylic oxidation sites excluding steroid dienone is 1. The number of aliphatic hydroxyl groups is 1. The largest absolute Gasteiger partial charge is 0.445 e. The van der Waals surface area contributed by atoms with E-state index in [1.165, 1.54) is 17.4 Å². The summed E-state index contributed by atoms with van der Waals surface area (Å²) in [6.45, 7) is 14.7. The Bertz CT molecular complexity index is 1580. The van der Waals surface area contributed by atoms with Gasteiger partial charge in [0, 0.05) is 54.4 Å². The maximum atomic E-state index is 14.6. The smallest absolute Gasteiger partial charge is 0.254 e. The number of oxazole rings is 1. The highest BCUT2D eigenvalue weighted by atomic mass is 19.1. The third-order valence-electron chi connectivity index (χ3n) is 8.01. The molecule has 0 saturated heterocycles. The molecule has 0 bridgehead atoms. The standard InChI is InChI=1S/C38H46F2N4O4.C2H6/c1-6-16-43(17-7-2)37(46)30-22-29(36-42-15-18-48-36)23-31(24-30)38(47)44(34(9-4)28-12-10-11-27(8-3)21-28)25-35(45)33(41)20-26(5)19-32(40)13-14-39;1-2/h3,10-15,18,21-24,32-35,45H,5-7,9,16-17,19-20,25,41H2,1-2,4H3;1-2H3/b14-13+;/t32?,33?,34?,35-;/m1./s1. The molecule has 1 heterocycles. The number of aromatic nitrogens is 1. The second-order valence-electron chi connectivity index (χ2n) is 11.8. The van der Waals surface area contributed by atoms with E-state index in [9.17, 15) is 23.5 Å². The van der Waals surface area contributed by atoms with Gasteiger partial charge in [-0.25, -0.2) is 13.8 Å². The van der Waals surface area contributed by atoms with Crippen LogP contribution in [0.25, 0.3) is 11.5 Å². The average Bonchev–Trinajstić information content (AvgIpc) is 3.67. The molecule has 2 aromatic carbocycles. The Balaban J connectivity index is 0.00000425. The Morgan fingerprint density at radius 3 is 2.30 bits per heavy atom. The zero-order chi connectivity index (χ0) is 37.2. The number of nitrogens with zero attached hydrogens (tertiary/aromatic N) is 3. The Morgan fingerprint density at radius 2 is 1.74 bits per heavy atom. The van der Waals surface area contributed by atoms with E-state index in [1.807, 2.05) is 46.8 Å². The summed E-state index contributed by atoms with van der Waals surface area (Å²) in [4.78, 5) is 35.9. The molecule has 3 N–H and O–H groups in total. The molecule has 0 radical (unpaired) electrons. The molecular formula is C40H52F2N4O4. The second-order valence-corrected chi connectivity index (χ2v) is 11.8. The highest BCUT2D eigenvalue weighted by molar-refractivity contribution is 6.01. The number of hydrogen-bond donors (Lipinski definition) is 2. The van der Waals surface area contributed by atoms with E-state index in [1.54, 1.807) is 35.2 Å². The van der Waals surface area contributed by atoms with Crippen molar-refractivity contribution in [2.45, 2.75) is 91.1 Å². The number of rotatable bonds is 18. The van der Waals surface area contributed by atoms with Gasteiger partial charge >= 0.3 is 0 Å². The van der Waals surface area contributed by atoms with Crippen molar-refractivity contribution in [3.05, 3.63) is 102 Å². The lowest BCUT2D eigenvalue weighted by molar-refractivity contribution is 0.0447. The molecule has 0 aliphatic carbocycles. The minimum absolute atomic E-state index is 0.0517. The van der Waals surface area contributed by atoms with Crippen molar-refractivity contribution < 1.29 is 27.9 Å². The van der Waals surface area contributed by atoms with E-state index in [-0.39, 0.29) is 43.1 Å². The van der Waals surface area contributed by atoms with Crippen LogP contribution in [0.3, 0.4) is 0 Å². The van der Waals surface area contributed by atoms with Crippen molar-refractivity contribution in [2.75, 3.05) is 19.6 Å². The Kier molecular flexibility index (Phi) is 17.9. The number of carbonyl (C=O) groups excluding carboxylic acids is 2. The van der Waals surface area contributed by atoms with Crippen LogP contribution in [0.2, 0.25) is 0 Å². The number of hydrogen-bond acceptors (Lipinski definition) is 6. The molecule has 4 atom stereocenters. The Morgan fingerprint density at radius 1 is 1.08 bits per heavy atom. The van der Waals surface area contributed by atoms with Crippen molar-refractivity contribution in [3.63, 3.8) is 0 Å². The van der Waals surface area contributed by atoms with E-state index in [4.69, 9.17) is 16.6 Å². The SMILES string of the molecule is C#Cc1cccc(C(CC)N(C[C@@H](O)C(N)CC(=C)CC(F)/C=C/F)C(=O)c2cc(C(=O)N(CCC)CCC)cc(-c3ncco3)c2)c1.CC. The van der Waals surface area contributed by atoms with Gasteiger partial charge in [-0.2, -0.15) is 0 Å². The number of halogens is 2. The first kappa shape index (κ1) is 41.6. The van der Waals surface area contributed by atoms with Crippen LogP contribution in [0.4, 0.5) is 8.78 Å². The zero-order valence-corrected chi connectivity index (χ0v) is 29.9. The number of alkyl halides is 1. The van der Waals surface area contributed by atoms with Crippen molar-refractivity contribution in [1.82, 2.24) is 14.8 Å². The zero-order valence-electron chi connectivity index (χ0n) is 29.9.